The molecule has 0 saturated carbocycles. The highest BCUT2D eigenvalue weighted by molar-refractivity contribution is 7.19. The maximum atomic E-state index is 9.93. The van der Waals surface area contributed by atoms with E-state index in [4.69, 9.17) is 0 Å². The number of aliphatic hydroxyl groups excluding tert-OH is 2. The lowest BCUT2D eigenvalue weighted by Crippen LogP contribution is -2.33. The first-order chi connectivity index (χ1) is 10.3. The molecule has 5 nitrogen and oxygen atoms in total. The summed E-state index contributed by atoms with van der Waals surface area (Å²) in [6.07, 6.45) is 6.54. The van der Waals surface area contributed by atoms with Gasteiger partial charge in [0.25, 0.3) is 0 Å². The quantitative estimate of drug-likeness (QED) is 0.880. The Kier molecular flexibility index (Phi) is 3.32. The molecular weight excluding hydrogens is 286 g/mol. The second-order valence-corrected chi connectivity index (χ2v) is 7.05. The fraction of sp³-hybridized carbons (Fsp3) is 0.600. The van der Waals surface area contributed by atoms with Crippen molar-refractivity contribution in [1.29, 1.82) is 0 Å². The molecule has 0 unspecified atom stereocenters. The third-order valence-corrected chi connectivity index (χ3v) is 5.81. The van der Waals surface area contributed by atoms with Crippen molar-refractivity contribution in [1.82, 2.24) is 9.97 Å². The number of thiophene rings is 1. The van der Waals surface area contributed by atoms with E-state index in [9.17, 15) is 10.2 Å². The molecule has 6 heteroatoms. The summed E-state index contributed by atoms with van der Waals surface area (Å²) in [5.74, 6) is 0.898. The first-order valence-corrected chi connectivity index (χ1v) is 8.40. The molecule has 1 saturated heterocycles. The molecule has 1 aliphatic heterocycles. The Morgan fingerprint density at radius 3 is 3.00 bits per heavy atom. The fourth-order valence-corrected chi connectivity index (χ4v) is 4.84. The van der Waals surface area contributed by atoms with Crippen LogP contribution in [-0.4, -0.2) is 45.5 Å². The summed E-state index contributed by atoms with van der Waals surface area (Å²) in [6, 6.07) is -0.0442. The van der Waals surface area contributed by atoms with Crippen LogP contribution in [-0.2, 0) is 12.8 Å². The zero-order valence-corrected chi connectivity index (χ0v) is 12.6. The van der Waals surface area contributed by atoms with Crippen LogP contribution in [0.15, 0.2) is 6.33 Å². The van der Waals surface area contributed by atoms with E-state index >= 15 is 0 Å². The average molecular weight is 305 g/mol. The van der Waals surface area contributed by atoms with Gasteiger partial charge in [-0.2, -0.15) is 0 Å². The van der Waals surface area contributed by atoms with Crippen molar-refractivity contribution in [2.45, 2.75) is 44.2 Å². The Bertz CT molecular complexity index is 672. The summed E-state index contributed by atoms with van der Waals surface area (Å²) >= 11 is 1.78. The zero-order valence-electron chi connectivity index (χ0n) is 11.8. The van der Waals surface area contributed by atoms with Crippen LogP contribution < -0.4 is 4.90 Å². The minimum Gasteiger partial charge on any atom is -0.394 e. The number of rotatable bonds is 2. The van der Waals surface area contributed by atoms with E-state index in [1.54, 1.807) is 17.7 Å². The lowest BCUT2D eigenvalue weighted by atomic mass is 9.97. The molecule has 112 valence electrons. The summed E-state index contributed by atoms with van der Waals surface area (Å²) in [5.41, 5.74) is 1.40. The molecule has 0 amide bonds. The van der Waals surface area contributed by atoms with Crippen molar-refractivity contribution in [2.24, 2.45) is 0 Å². The number of fused-ring (bicyclic) bond motifs is 3. The molecule has 1 aliphatic carbocycles. The molecule has 2 aliphatic rings. The van der Waals surface area contributed by atoms with Crippen molar-refractivity contribution in [2.75, 3.05) is 18.1 Å². The smallest absolute Gasteiger partial charge is 0.141 e. The highest BCUT2D eigenvalue weighted by atomic mass is 32.1. The van der Waals surface area contributed by atoms with Crippen LogP contribution in [0.4, 0.5) is 5.82 Å². The Morgan fingerprint density at radius 2 is 2.14 bits per heavy atom. The number of hydrogen-bond acceptors (Lipinski definition) is 6. The number of nitrogens with zero attached hydrogens (tertiary/aromatic N) is 3. The van der Waals surface area contributed by atoms with E-state index in [1.807, 2.05) is 0 Å². The minimum absolute atomic E-state index is 0.0442. The van der Waals surface area contributed by atoms with Crippen molar-refractivity contribution in [3.63, 3.8) is 0 Å². The van der Waals surface area contributed by atoms with Gasteiger partial charge in [-0.15, -0.1) is 11.3 Å². The van der Waals surface area contributed by atoms with Gasteiger partial charge in [0.05, 0.1) is 24.1 Å². The van der Waals surface area contributed by atoms with E-state index < -0.39 is 0 Å². The number of β-amino-alcohol motifs (C(OH)–C–C–N with tert-alkyl or cyclic N) is 1. The highest BCUT2D eigenvalue weighted by Crippen LogP contribution is 2.40. The highest BCUT2D eigenvalue weighted by Gasteiger charge is 2.33. The molecular formula is C15H19N3O2S. The van der Waals surface area contributed by atoms with Crippen LogP contribution in [0.25, 0.3) is 10.2 Å². The SMILES string of the molecule is OC[C@H]1C[C@@H](O)CN1c1ncnc2sc3c(c12)CCCC3. The molecule has 3 heterocycles. The van der Waals surface area contributed by atoms with Gasteiger partial charge in [0, 0.05) is 11.4 Å². The Hall–Kier alpha value is -1.24. The Labute approximate surface area is 127 Å². The summed E-state index contributed by atoms with van der Waals surface area (Å²) in [6.45, 7) is 0.594. The lowest BCUT2D eigenvalue weighted by molar-refractivity contribution is 0.184. The van der Waals surface area contributed by atoms with Crippen LogP contribution in [0.1, 0.15) is 29.7 Å². The predicted molar refractivity (Wildman–Crippen MR) is 82.9 cm³/mol. The molecule has 21 heavy (non-hydrogen) atoms. The fourth-order valence-electron chi connectivity index (χ4n) is 3.62. The van der Waals surface area contributed by atoms with Gasteiger partial charge in [0.2, 0.25) is 0 Å². The Morgan fingerprint density at radius 1 is 1.29 bits per heavy atom. The van der Waals surface area contributed by atoms with Gasteiger partial charge in [-0.3, -0.25) is 0 Å². The minimum atomic E-state index is -0.387. The third-order valence-electron chi connectivity index (χ3n) is 4.61. The van der Waals surface area contributed by atoms with Gasteiger partial charge in [0.1, 0.15) is 17.0 Å². The van der Waals surface area contributed by atoms with Crippen LogP contribution in [0.3, 0.4) is 0 Å². The van der Waals surface area contributed by atoms with Crippen molar-refractivity contribution in [3.8, 4) is 0 Å². The molecule has 1 fully saturated rings. The summed E-state index contributed by atoms with van der Waals surface area (Å²) in [4.78, 5) is 13.5. The van der Waals surface area contributed by atoms with E-state index in [0.717, 1.165) is 28.9 Å². The molecule has 2 atom stereocenters. The third kappa shape index (κ3) is 2.13. The largest absolute Gasteiger partial charge is 0.394 e. The summed E-state index contributed by atoms with van der Waals surface area (Å²) < 4.78 is 0. The van der Waals surface area contributed by atoms with Crippen molar-refractivity contribution in [3.05, 3.63) is 16.8 Å². The van der Waals surface area contributed by atoms with Crippen molar-refractivity contribution >= 4 is 27.4 Å². The van der Waals surface area contributed by atoms with E-state index in [-0.39, 0.29) is 18.8 Å². The first-order valence-electron chi connectivity index (χ1n) is 7.58. The molecule has 0 aromatic carbocycles. The van der Waals surface area contributed by atoms with Crippen molar-refractivity contribution < 1.29 is 10.2 Å². The number of anilines is 1. The molecule has 0 bridgehead atoms. The number of aryl methyl sites for hydroxylation is 2. The molecule has 2 N–H and O–H groups in total. The van der Waals surface area contributed by atoms with Gasteiger partial charge < -0.3 is 15.1 Å². The Balaban J connectivity index is 1.86. The predicted octanol–water partition coefficient (Wildman–Crippen LogP) is 1.50. The van der Waals surface area contributed by atoms with E-state index in [2.05, 4.69) is 14.9 Å². The average Bonchev–Trinajstić information content (AvgIpc) is 3.07. The van der Waals surface area contributed by atoms with Crippen LogP contribution in [0.2, 0.25) is 0 Å². The van der Waals surface area contributed by atoms with Gasteiger partial charge in [0.15, 0.2) is 0 Å². The molecule has 2 aromatic rings. The molecule has 0 radical (unpaired) electrons. The maximum Gasteiger partial charge on any atom is 0.141 e. The number of aliphatic hydroxyl groups is 2. The second-order valence-electron chi connectivity index (χ2n) is 5.97. The van der Waals surface area contributed by atoms with Crippen LogP contribution in [0, 0.1) is 0 Å². The normalized spacial score (nSPS) is 25.5. The topological polar surface area (TPSA) is 69.5 Å². The number of aromatic nitrogens is 2. The van der Waals surface area contributed by atoms with Gasteiger partial charge in [-0.1, -0.05) is 0 Å². The monoisotopic (exact) mass is 305 g/mol. The molecule has 4 rings (SSSR count). The van der Waals surface area contributed by atoms with Crippen LogP contribution in [0.5, 0.6) is 0 Å². The summed E-state index contributed by atoms with van der Waals surface area (Å²) in [7, 11) is 0. The molecule has 2 aromatic heterocycles. The van der Waals surface area contributed by atoms with Gasteiger partial charge in [-0.05, 0) is 37.7 Å². The number of hydrogen-bond donors (Lipinski definition) is 2. The molecule has 0 spiro atoms. The van der Waals surface area contributed by atoms with Gasteiger partial charge >= 0.3 is 0 Å². The zero-order chi connectivity index (χ0) is 14.4. The van der Waals surface area contributed by atoms with E-state index in [1.165, 1.54) is 23.3 Å². The van der Waals surface area contributed by atoms with E-state index in [0.29, 0.717) is 13.0 Å². The second kappa shape index (κ2) is 5.19. The van der Waals surface area contributed by atoms with Gasteiger partial charge in [-0.25, -0.2) is 9.97 Å². The summed E-state index contributed by atoms with van der Waals surface area (Å²) in [5, 5.41) is 20.7. The maximum absolute atomic E-state index is 9.93. The first kappa shape index (κ1) is 13.4. The standard InChI is InChI=1S/C15H19N3O2S/c19-7-9-5-10(20)6-18(9)14-13-11-3-1-2-4-12(11)21-15(13)17-8-16-14/h8-10,19-20H,1-7H2/t9-,10-/m1/s1. The van der Waals surface area contributed by atoms with Crippen LogP contribution >= 0.6 is 11.3 Å². The lowest BCUT2D eigenvalue weighted by Gasteiger charge is -2.25.